The molecule has 0 atom stereocenters. The number of para-hydroxylation sites is 1. The molecule has 146 valence electrons. The normalized spacial score (nSPS) is 10.4. The summed E-state index contributed by atoms with van der Waals surface area (Å²) in [6.07, 6.45) is 0. The first kappa shape index (κ1) is 19.7. The molecular weight excluding hydrogens is 378 g/mol. The summed E-state index contributed by atoms with van der Waals surface area (Å²) >= 11 is 1.56. The highest BCUT2D eigenvalue weighted by Gasteiger charge is 2.14. The smallest absolute Gasteiger partial charge is 0.342 e. The van der Waals surface area contributed by atoms with Crippen molar-refractivity contribution in [2.75, 3.05) is 20.3 Å². The van der Waals surface area contributed by atoms with Crippen LogP contribution in [0.4, 0.5) is 0 Å². The van der Waals surface area contributed by atoms with Crippen molar-refractivity contribution in [1.29, 1.82) is 0 Å². The quantitative estimate of drug-likeness (QED) is 0.395. The second kappa shape index (κ2) is 9.75. The van der Waals surface area contributed by atoms with Gasteiger partial charge in [0.05, 0.1) is 17.8 Å². The molecule has 0 aliphatic carbocycles. The number of methoxy groups -OCH3 is 1. The number of carbonyl (C=O) groups is 1. The average molecular weight is 399 g/mol. The van der Waals surface area contributed by atoms with Crippen LogP contribution in [0.1, 0.15) is 21.1 Å². The number of aromatic nitrogens is 1. The third kappa shape index (κ3) is 5.47. The molecule has 0 amide bonds. The van der Waals surface area contributed by atoms with Gasteiger partial charge in [-0.05, 0) is 43.3 Å². The van der Waals surface area contributed by atoms with Crippen molar-refractivity contribution >= 4 is 17.3 Å². The molecule has 28 heavy (non-hydrogen) atoms. The molecule has 0 aliphatic rings. The molecule has 1 heterocycles. The highest BCUT2D eigenvalue weighted by molar-refractivity contribution is 7.09. The molecule has 6 nitrogen and oxygen atoms in total. The molecule has 0 unspecified atom stereocenters. The fraction of sp³-hybridized carbons (Fsp3) is 0.238. The van der Waals surface area contributed by atoms with E-state index in [-0.39, 0.29) is 13.2 Å². The Morgan fingerprint density at radius 2 is 1.75 bits per heavy atom. The van der Waals surface area contributed by atoms with Crippen molar-refractivity contribution in [3.05, 3.63) is 70.2 Å². The van der Waals surface area contributed by atoms with E-state index in [1.807, 2.05) is 18.4 Å². The molecule has 0 aliphatic heterocycles. The molecule has 7 heteroatoms. The van der Waals surface area contributed by atoms with E-state index >= 15 is 0 Å². The number of thiazole rings is 1. The van der Waals surface area contributed by atoms with Crippen LogP contribution < -0.4 is 14.2 Å². The number of esters is 1. The van der Waals surface area contributed by atoms with Crippen molar-refractivity contribution in [2.24, 2.45) is 0 Å². The summed E-state index contributed by atoms with van der Waals surface area (Å²) in [5, 5.41) is 2.91. The van der Waals surface area contributed by atoms with Crippen molar-refractivity contribution in [3.63, 3.8) is 0 Å². The van der Waals surface area contributed by atoms with E-state index in [0.29, 0.717) is 23.7 Å². The summed E-state index contributed by atoms with van der Waals surface area (Å²) in [6, 6.07) is 14.2. The van der Waals surface area contributed by atoms with Gasteiger partial charge in [-0.15, -0.1) is 11.3 Å². The molecular formula is C21H21NO5S. The van der Waals surface area contributed by atoms with Crippen molar-refractivity contribution in [3.8, 4) is 17.2 Å². The molecule has 0 saturated carbocycles. The van der Waals surface area contributed by atoms with Crippen LogP contribution in [0.2, 0.25) is 0 Å². The number of hydrogen-bond donors (Lipinski definition) is 0. The van der Waals surface area contributed by atoms with Crippen molar-refractivity contribution in [2.45, 2.75) is 13.5 Å². The van der Waals surface area contributed by atoms with Crippen molar-refractivity contribution in [1.82, 2.24) is 4.98 Å². The minimum absolute atomic E-state index is 0.129. The van der Waals surface area contributed by atoms with Crippen LogP contribution in [-0.4, -0.2) is 31.3 Å². The van der Waals surface area contributed by atoms with E-state index in [1.54, 1.807) is 60.9 Å². The molecule has 2 aromatic carbocycles. The van der Waals surface area contributed by atoms with Crippen LogP contribution in [0.25, 0.3) is 0 Å². The molecule has 3 rings (SSSR count). The van der Waals surface area contributed by atoms with Crippen LogP contribution in [0.3, 0.4) is 0 Å². The Balaban J connectivity index is 1.49. The summed E-state index contributed by atoms with van der Waals surface area (Å²) in [5.41, 5.74) is 1.21. The first-order chi connectivity index (χ1) is 13.7. The van der Waals surface area contributed by atoms with Gasteiger partial charge in [0.25, 0.3) is 0 Å². The molecule has 0 N–H and O–H groups in total. The first-order valence-electron chi connectivity index (χ1n) is 8.72. The van der Waals surface area contributed by atoms with E-state index in [2.05, 4.69) is 4.98 Å². The van der Waals surface area contributed by atoms with Gasteiger partial charge in [-0.25, -0.2) is 9.78 Å². The maximum atomic E-state index is 12.4. The largest absolute Gasteiger partial charge is 0.497 e. The van der Waals surface area contributed by atoms with E-state index in [0.717, 1.165) is 16.5 Å². The van der Waals surface area contributed by atoms with Gasteiger partial charge < -0.3 is 18.9 Å². The maximum absolute atomic E-state index is 12.4. The van der Waals surface area contributed by atoms with Gasteiger partial charge in [0.15, 0.2) is 0 Å². The topological polar surface area (TPSA) is 66.9 Å². The lowest BCUT2D eigenvalue weighted by Gasteiger charge is -2.11. The van der Waals surface area contributed by atoms with Gasteiger partial charge in [0.1, 0.15) is 42.6 Å². The number of aryl methyl sites for hydroxylation is 1. The molecule has 3 aromatic rings. The highest BCUT2D eigenvalue weighted by atomic mass is 32.1. The summed E-state index contributed by atoms with van der Waals surface area (Å²) in [4.78, 5) is 16.7. The zero-order chi connectivity index (χ0) is 19.8. The number of rotatable bonds is 9. The van der Waals surface area contributed by atoms with Crippen LogP contribution in [0, 0.1) is 6.92 Å². The van der Waals surface area contributed by atoms with E-state index in [1.165, 1.54) is 0 Å². The zero-order valence-corrected chi connectivity index (χ0v) is 16.5. The number of nitrogens with zero attached hydrogens (tertiary/aromatic N) is 1. The van der Waals surface area contributed by atoms with Gasteiger partial charge in [-0.3, -0.25) is 0 Å². The van der Waals surface area contributed by atoms with E-state index < -0.39 is 5.97 Å². The van der Waals surface area contributed by atoms with Gasteiger partial charge in [-0.2, -0.15) is 0 Å². The predicted molar refractivity (Wildman–Crippen MR) is 106 cm³/mol. The summed E-state index contributed by atoms with van der Waals surface area (Å²) in [5.74, 6) is 1.44. The van der Waals surface area contributed by atoms with Gasteiger partial charge in [0.2, 0.25) is 0 Å². The van der Waals surface area contributed by atoms with Gasteiger partial charge in [0, 0.05) is 5.38 Å². The Kier molecular flexibility index (Phi) is 6.86. The second-order valence-corrected chi connectivity index (χ2v) is 6.86. The number of benzene rings is 2. The first-order valence-corrected chi connectivity index (χ1v) is 9.60. The third-order valence-electron chi connectivity index (χ3n) is 3.79. The number of ether oxygens (including phenoxy) is 4. The Bertz CT molecular complexity index is 907. The average Bonchev–Trinajstić information content (AvgIpc) is 3.15. The molecule has 0 spiro atoms. The Morgan fingerprint density at radius 1 is 1.00 bits per heavy atom. The fourth-order valence-electron chi connectivity index (χ4n) is 2.43. The Labute approximate surface area is 167 Å². The fourth-order valence-corrected chi connectivity index (χ4v) is 3.03. The lowest BCUT2D eigenvalue weighted by molar-refractivity contribution is 0.0445. The molecule has 0 fully saturated rings. The summed E-state index contributed by atoms with van der Waals surface area (Å²) < 4.78 is 21.7. The lowest BCUT2D eigenvalue weighted by atomic mass is 10.2. The Hall–Kier alpha value is -3.06. The molecule has 0 bridgehead atoms. The van der Waals surface area contributed by atoms with Gasteiger partial charge >= 0.3 is 5.97 Å². The van der Waals surface area contributed by atoms with E-state index in [4.69, 9.17) is 18.9 Å². The van der Waals surface area contributed by atoms with Crippen LogP contribution >= 0.6 is 11.3 Å². The van der Waals surface area contributed by atoms with Crippen LogP contribution in [0.5, 0.6) is 17.2 Å². The lowest BCUT2D eigenvalue weighted by Crippen LogP contribution is -2.13. The van der Waals surface area contributed by atoms with Crippen LogP contribution in [0.15, 0.2) is 53.9 Å². The predicted octanol–water partition coefficient (Wildman–Crippen LogP) is 4.27. The third-order valence-corrected chi connectivity index (χ3v) is 4.62. The zero-order valence-electron chi connectivity index (χ0n) is 15.7. The van der Waals surface area contributed by atoms with Crippen LogP contribution in [-0.2, 0) is 11.3 Å². The second-order valence-electron chi connectivity index (χ2n) is 5.80. The Morgan fingerprint density at radius 3 is 2.46 bits per heavy atom. The molecule has 0 saturated heterocycles. The molecule has 1 aromatic heterocycles. The monoisotopic (exact) mass is 399 g/mol. The molecule has 0 radical (unpaired) electrons. The highest BCUT2D eigenvalue weighted by Crippen LogP contribution is 2.21. The maximum Gasteiger partial charge on any atom is 0.342 e. The SMILES string of the molecule is COc1ccc(OCCOC(=O)c2ccccc2OCc2csc(C)n2)cc1. The standard InChI is InChI=1S/C21H21NO5S/c1-15-22-16(14-28-15)13-27-20-6-4-3-5-19(20)21(23)26-12-11-25-18-9-7-17(24-2)8-10-18/h3-10,14H,11-13H2,1-2H3. The summed E-state index contributed by atoms with van der Waals surface area (Å²) in [7, 11) is 1.61. The van der Waals surface area contributed by atoms with Gasteiger partial charge in [-0.1, -0.05) is 12.1 Å². The minimum atomic E-state index is -0.455. The summed E-state index contributed by atoms with van der Waals surface area (Å²) in [6.45, 7) is 2.62. The van der Waals surface area contributed by atoms with E-state index in [9.17, 15) is 4.79 Å². The minimum Gasteiger partial charge on any atom is -0.497 e. The number of hydrogen-bond acceptors (Lipinski definition) is 7. The van der Waals surface area contributed by atoms with Crippen molar-refractivity contribution < 1.29 is 23.7 Å². The number of carbonyl (C=O) groups excluding carboxylic acids is 1.